The zero-order valence-corrected chi connectivity index (χ0v) is 7.84. The molecule has 1 aliphatic heterocycles. The molecule has 1 saturated heterocycles. The molecule has 0 spiro atoms. The van der Waals surface area contributed by atoms with E-state index in [4.69, 9.17) is 4.74 Å². The van der Waals surface area contributed by atoms with Crippen molar-refractivity contribution in [3.63, 3.8) is 0 Å². The van der Waals surface area contributed by atoms with Crippen LogP contribution in [0.5, 0.6) is 0 Å². The maximum atomic E-state index is 5.42. The predicted octanol–water partition coefficient (Wildman–Crippen LogP) is 1.36. The number of hydrogen-bond donors (Lipinski definition) is 0. The van der Waals surface area contributed by atoms with Gasteiger partial charge in [-0.2, -0.15) is 0 Å². The van der Waals surface area contributed by atoms with Crippen LogP contribution in [0.15, 0.2) is 0 Å². The van der Waals surface area contributed by atoms with Crippen molar-refractivity contribution < 1.29 is 4.74 Å². The van der Waals surface area contributed by atoms with Crippen LogP contribution in [0, 0.1) is 5.92 Å². The van der Waals surface area contributed by atoms with Gasteiger partial charge in [-0.05, 0) is 25.9 Å². The Balaban J connectivity index is 2.41. The molecule has 2 nitrogen and oxygen atoms in total. The molecular formula is C9H19NO. The molecule has 2 heteroatoms. The molecule has 66 valence electrons. The SMILES string of the molecule is CCC1CCN(C)C[C@@H]1OC. The molecule has 0 aromatic rings. The second-order valence-corrected chi connectivity index (χ2v) is 3.49. The molecule has 1 heterocycles. The number of likely N-dealkylation sites (tertiary alicyclic amines) is 1. The van der Waals surface area contributed by atoms with E-state index >= 15 is 0 Å². The number of hydrogen-bond acceptors (Lipinski definition) is 2. The Bertz CT molecular complexity index is 116. The van der Waals surface area contributed by atoms with Gasteiger partial charge in [0.25, 0.3) is 0 Å². The first kappa shape index (κ1) is 9.01. The minimum atomic E-state index is 0.471. The van der Waals surface area contributed by atoms with Gasteiger partial charge in [-0.25, -0.2) is 0 Å². The lowest BCUT2D eigenvalue weighted by molar-refractivity contribution is -0.00459. The van der Waals surface area contributed by atoms with Crippen molar-refractivity contribution in [1.82, 2.24) is 4.90 Å². The number of ether oxygens (including phenoxy) is 1. The molecule has 0 aromatic heterocycles. The normalized spacial score (nSPS) is 34.1. The van der Waals surface area contributed by atoms with Gasteiger partial charge in [0.2, 0.25) is 0 Å². The maximum Gasteiger partial charge on any atom is 0.0726 e. The average Bonchev–Trinajstić information content (AvgIpc) is 2.04. The molecule has 1 unspecified atom stereocenters. The number of piperidine rings is 1. The van der Waals surface area contributed by atoms with Gasteiger partial charge in [0, 0.05) is 13.7 Å². The summed E-state index contributed by atoms with van der Waals surface area (Å²) in [6.07, 6.45) is 3.02. The molecule has 0 bridgehead atoms. The van der Waals surface area contributed by atoms with Crippen LogP contribution in [-0.4, -0.2) is 38.3 Å². The molecule has 0 N–H and O–H groups in total. The molecule has 1 fully saturated rings. The highest BCUT2D eigenvalue weighted by Gasteiger charge is 2.25. The van der Waals surface area contributed by atoms with Crippen molar-refractivity contribution in [2.75, 3.05) is 27.2 Å². The van der Waals surface area contributed by atoms with E-state index in [1.807, 2.05) is 7.11 Å². The minimum Gasteiger partial charge on any atom is -0.380 e. The Labute approximate surface area is 69.5 Å². The van der Waals surface area contributed by atoms with Crippen LogP contribution in [0.1, 0.15) is 19.8 Å². The van der Waals surface area contributed by atoms with Crippen LogP contribution < -0.4 is 0 Å². The number of methoxy groups -OCH3 is 1. The van der Waals surface area contributed by atoms with Gasteiger partial charge in [0.05, 0.1) is 6.10 Å². The number of nitrogens with zero attached hydrogens (tertiary/aromatic N) is 1. The standard InChI is InChI=1S/C9H19NO/c1-4-8-5-6-10(2)7-9(8)11-3/h8-9H,4-7H2,1-3H3/t8?,9-/m0/s1. The first-order chi connectivity index (χ1) is 5.27. The van der Waals surface area contributed by atoms with Crippen LogP contribution in [0.3, 0.4) is 0 Å². The first-order valence-corrected chi connectivity index (χ1v) is 4.49. The molecule has 11 heavy (non-hydrogen) atoms. The van der Waals surface area contributed by atoms with Crippen LogP contribution in [0.25, 0.3) is 0 Å². The molecule has 0 aliphatic carbocycles. The molecule has 2 atom stereocenters. The summed E-state index contributed by atoms with van der Waals surface area (Å²) in [5.41, 5.74) is 0. The van der Waals surface area contributed by atoms with Gasteiger partial charge < -0.3 is 9.64 Å². The smallest absolute Gasteiger partial charge is 0.0726 e. The van der Waals surface area contributed by atoms with Gasteiger partial charge in [0.1, 0.15) is 0 Å². The summed E-state index contributed by atoms with van der Waals surface area (Å²) in [6, 6.07) is 0. The van der Waals surface area contributed by atoms with Crippen molar-refractivity contribution in [3.05, 3.63) is 0 Å². The minimum absolute atomic E-state index is 0.471. The number of rotatable bonds is 2. The van der Waals surface area contributed by atoms with E-state index in [2.05, 4.69) is 18.9 Å². The van der Waals surface area contributed by atoms with E-state index in [0.717, 1.165) is 12.5 Å². The second kappa shape index (κ2) is 4.07. The molecule has 1 rings (SSSR count). The summed E-state index contributed by atoms with van der Waals surface area (Å²) >= 11 is 0. The Morgan fingerprint density at radius 1 is 1.55 bits per heavy atom. The third-order valence-corrected chi connectivity index (χ3v) is 2.73. The summed E-state index contributed by atoms with van der Waals surface area (Å²) in [5.74, 6) is 0.788. The van der Waals surface area contributed by atoms with Gasteiger partial charge in [0.15, 0.2) is 0 Å². The van der Waals surface area contributed by atoms with Gasteiger partial charge in [-0.3, -0.25) is 0 Å². The van der Waals surface area contributed by atoms with E-state index in [1.165, 1.54) is 19.4 Å². The largest absolute Gasteiger partial charge is 0.380 e. The van der Waals surface area contributed by atoms with Crippen LogP contribution in [0.2, 0.25) is 0 Å². The van der Waals surface area contributed by atoms with E-state index in [9.17, 15) is 0 Å². The van der Waals surface area contributed by atoms with Gasteiger partial charge in [-0.1, -0.05) is 13.3 Å². The fraction of sp³-hybridized carbons (Fsp3) is 1.00. The van der Waals surface area contributed by atoms with Crippen LogP contribution in [0.4, 0.5) is 0 Å². The molecule has 0 saturated carbocycles. The zero-order valence-electron chi connectivity index (χ0n) is 7.84. The lowest BCUT2D eigenvalue weighted by Crippen LogP contribution is -2.42. The van der Waals surface area contributed by atoms with Gasteiger partial charge >= 0.3 is 0 Å². The second-order valence-electron chi connectivity index (χ2n) is 3.49. The summed E-state index contributed by atoms with van der Waals surface area (Å²) in [5, 5.41) is 0. The average molecular weight is 157 g/mol. The Kier molecular flexibility index (Phi) is 3.34. The van der Waals surface area contributed by atoms with E-state index < -0.39 is 0 Å². The Morgan fingerprint density at radius 3 is 2.82 bits per heavy atom. The Hall–Kier alpha value is -0.0800. The lowest BCUT2D eigenvalue weighted by atomic mass is 9.92. The van der Waals surface area contributed by atoms with Crippen molar-refractivity contribution in [3.8, 4) is 0 Å². The third kappa shape index (κ3) is 2.17. The van der Waals surface area contributed by atoms with Gasteiger partial charge in [-0.15, -0.1) is 0 Å². The lowest BCUT2D eigenvalue weighted by Gasteiger charge is -2.35. The monoisotopic (exact) mass is 157 g/mol. The highest BCUT2D eigenvalue weighted by Crippen LogP contribution is 2.21. The van der Waals surface area contributed by atoms with Crippen molar-refractivity contribution in [2.24, 2.45) is 5.92 Å². The predicted molar refractivity (Wildman–Crippen MR) is 46.7 cm³/mol. The highest BCUT2D eigenvalue weighted by molar-refractivity contribution is 4.78. The van der Waals surface area contributed by atoms with Crippen molar-refractivity contribution in [1.29, 1.82) is 0 Å². The fourth-order valence-electron chi connectivity index (χ4n) is 1.85. The van der Waals surface area contributed by atoms with Crippen molar-refractivity contribution >= 4 is 0 Å². The van der Waals surface area contributed by atoms with E-state index in [-0.39, 0.29) is 0 Å². The molecular weight excluding hydrogens is 138 g/mol. The molecule has 1 aliphatic rings. The molecule has 0 radical (unpaired) electrons. The fourth-order valence-corrected chi connectivity index (χ4v) is 1.85. The summed E-state index contributed by atoms with van der Waals surface area (Å²) < 4.78 is 5.42. The number of likely N-dealkylation sites (N-methyl/N-ethyl adjacent to an activating group) is 1. The van der Waals surface area contributed by atoms with E-state index in [1.54, 1.807) is 0 Å². The summed E-state index contributed by atoms with van der Waals surface area (Å²) in [6.45, 7) is 4.59. The third-order valence-electron chi connectivity index (χ3n) is 2.73. The Morgan fingerprint density at radius 2 is 2.27 bits per heavy atom. The summed E-state index contributed by atoms with van der Waals surface area (Å²) in [7, 11) is 3.99. The topological polar surface area (TPSA) is 12.5 Å². The zero-order chi connectivity index (χ0) is 8.27. The van der Waals surface area contributed by atoms with E-state index in [0.29, 0.717) is 6.10 Å². The van der Waals surface area contributed by atoms with Crippen LogP contribution >= 0.6 is 0 Å². The molecule has 0 aromatic carbocycles. The first-order valence-electron chi connectivity index (χ1n) is 4.49. The molecule has 0 amide bonds. The summed E-state index contributed by atoms with van der Waals surface area (Å²) in [4.78, 5) is 2.35. The highest BCUT2D eigenvalue weighted by atomic mass is 16.5. The van der Waals surface area contributed by atoms with Crippen LogP contribution in [-0.2, 0) is 4.74 Å². The quantitative estimate of drug-likeness (QED) is 0.600. The maximum absolute atomic E-state index is 5.42. The van der Waals surface area contributed by atoms with Crippen molar-refractivity contribution in [2.45, 2.75) is 25.9 Å².